The number of piperidine rings is 4. The second-order valence-corrected chi connectivity index (χ2v) is 14.8. The number of amides is 2. The van der Waals surface area contributed by atoms with Crippen LogP contribution in [0.15, 0.2) is 51.7 Å². The van der Waals surface area contributed by atoms with Crippen LogP contribution in [0.3, 0.4) is 0 Å². The maximum absolute atomic E-state index is 14.1. The second kappa shape index (κ2) is 14.6. The Bertz CT molecular complexity index is 1780. The lowest BCUT2D eigenvalue weighted by Crippen LogP contribution is -2.62. The van der Waals surface area contributed by atoms with E-state index in [1.807, 2.05) is 30.3 Å². The number of aromatic amines is 1. The zero-order valence-electron chi connectivity index (χ0n) is 28.2. The lowest BCUT2D eigenvalue weighted by Gasteiger charge is -2.51. The first kappa shape index (κ1) is 35.5. The minimum Gasteiger partial charge on any atom is -0.436 e. The molecule has 1 unspecified atom stereocenters. The summed E-state index contributed by atoms with van der Waals surface area (Å²) in [6, 6.07) is 11.8. The van der Waals surface area contributed by atoms with Crippen LogP contribution in [0.25, 0.3) is 11.4 Å². The Morgan fingerprint density at radius 1 is 0.961 bits per heavy atom. The number of nitrogens with one attached hydrogen (secondary N) is 1. The number of hydrogen-bond donors (Lipinski definition) is 2. The molecular weight excluding hydrogens is 733 g/mol. The van der Waals surface area contributed by atoms with Crippen molar-refractivity contribution in [3.05, 3.63) is 68.5 Å². The van der Waals surface area contributed by atoms with E-state index in [-0.39, 0.29) is 41.3 Å². The largest absolute Gasteiger partial charge is 0.436 e. The van der Waals surface area contributed by atoms with Crippen LogP contribution in [0.4, 0.5) is 23.7 Å². The van der Waals surface area contributed by atoms with E-state index in [2.05, 4.69) is 35.8 Å². The number of fused-ring (bicyclic) bond motifs is 3. The molecule has 0 spiro atoms. The van der Waals surface area contributed by atoms with E-state index in [4.69, 9.17) is 10.5 Å². The number of alkyl halides is 3. The first-order chi connectivity index (χ1) is 24.4. The number of carbonyl (C=O) groups is 2. The highest BCUT2D eigenvalue weighted by atomic mass is 79.9. The number of H-pyrrole nitrogens is 1. The predicted octanol–water partition coefficient (Wildman–Crippen LogP) is 4.23. The number of nitrogen functional groups attached to an aromatic ring is 1. The number of hydrogen-bond acceptors (Lipinski definition) is 8. The van der Waals surface area contributed by atoms with E-state index in [1.165, 1.54) is 28.5 Å². The van der Waals surface area contributed by atoms with Crippen LogP contribution in [0, 0.1) is 5.92 Å². The minimum atomic E-state index is -4.72. The summed E-state index contributed by atoms with van der Waals surface area (Å²) in [6.07, 6.45) is -3.84. The molecule has 16 heteroatoms. The third-order valence-electron chi connectivity index (χ3n) is 10.9. The van der Waals surface area contributed by atoms with E-state index in [0.717, 1.165) is 31.3 Å². The molecule has 0 saturated carbocycles. The third kappa shape index (κ3) is 7.68. The highest BCUT2D eigenvalue weighted by molar-refractivity contribution is 9.10. The van der Waals surface area contributed by atoms with Gasteiger partial charge >= 0.3 is 18.0 Å². The van der Waals surface area contributed by atoms with Gasteiger partial charge in [0.05, 0.1) is 17.3 Å². The van der Waals surface area contributed by atoms with Crippen molar-refractivity contribution < 1.29 is 27.5 Å². The van der Waals surface area contributed by atoms with Gasteiger partial charge in [0.25, 0.3) is 5.91 Å². The lowest BCUT2D eigenvalue weighted by atomic mass is 9.83. The summed E-state index contributed by atoms with van der Waals surface area (Å²) in [6.45, 7) is 6.03. The number of ether oxygens (including phenoxy) is 1. The number of rotatable bonds is 7. The van der Waals surface area contributed by atoms with Crippen molar-refractivity contribution in [2.75, 3.05) is 64.6 Å². The summed E-state index contributed by atoms with van der Waals surface area (Å²) in [5.74, 6) is 0.667. The highest BCUT2D eigenvalue weighted by Crippen LogP contribution is 2.38. The van der Waals surface area contributed by atoms with Crippen LogP contribution in [0.2, 0.25) is 0 Å². The van der Waals surface area contributed by atoms with Gasteiger partial charge in [0.2, 0.25) is 0 Å². The predicted molar refractivity (Wildman–Crippen MR) is 187 cm³/mol. The Morgan fingerprint density at radius 3 is 2.27 bits per heavy atom. The number of piperazine rings is 1. The third-order valence-corrected chi connectivity index (χ3v) is 11.6. The maximum atomic E-state index is 14.1. The monoisotopic (exact) mass is 774 g/mol. The lowest BCUT2D eigenvalue weighted by molar-refractivity contribution is -0.143. The van der Waals surface area contributed by atoms with Crippen molar-refractivity contribution in [1.82, 2.24) is 34.4 Å². The second-order valence-electron chi connectivity index (χ2n) is 14.0. The number of aromatic nitrogens is 3. The summed E-state index contributed by atoms with van der Waals surface area (Å²) in [4.78, 5) is 51.3. The van der Waals surface area contributed by atoms with Gasteiger partial charge in [0, 0.05) is 68.3 Å². The molecule has 5 aliphatic heterocycles. The van der Waals surface area contributed by atoms with Gasteiger partial charge in [-0.1, -0.05) is 30.3 Å². The Kier molecular flexibility index (Phi) is 10.2. The number of anilines is 1. The molecule has 2 bridgehead atoms. The van der Waals surface area contributed by atoms with Gasteiger partial charge in [0.1, 0.15) is 0 Å². The molecule has 3 aromatic rings. The number of carbonyl (C=O) groups excluding carboxylic acids is 2. The first-order valence-corrected chi connectivity index (χ1v) is 18.3. The Labute approximate surface area is 301 Å². The fourth-order valence-electron chi connectivity index (χ4n) is 8.04. The molecule has 8 rings (SSSR count). The molecule has 2 atom stereocenters. The van der Waals surface area contributed by atoms with Gasteiger partial charge in [-0.2, -0.15) is 13.2 Å². The molecule has 274 valence electrons. The molecule has 0 radical (unpaired) electrons. The van der Waals surface area contributed by atoms with E-state index >= 15 is 0 Å². The molecule has 0 aliphatic carbocycles. The summed E-state index contributed by atoms with van der Waals surface area (Å²) in [5, 5.41) is 4.49. The van der Waals surface area contributed by atoms with Gasteiger partial charge < -0.3 is 25.2 Å². The maximum Gasteiger partial charge on any atom is 0.418 e. The molecule has 5 aliphatic rings. The fraction of sp³-hybridized carbons (Fsp3) is 0.543. The van der Waals surface area contributed by atoms with Crippen molar-refractivity contribution in [2.45, 2.75) is 56.5 Å². The van der Waals surface area contributed by atoms with Crippen molar-refractivity contribution in [3.8, 4) is 11.4 Å². The van der Waals surface area contributed by atoms with Gasteiger partial charge in [-0.3, -0.25) is 14.7 Å². The van der Waals surface area contributed by atoms with Crippen molar-refractivity contribution in [1.29, 1.82) is 0 Å². The molecule has 5 saturated heterocycles. The minimum absolute atomic E-state index is 0.0436. The average Bonchev–Trinajstić information content (AvgIpc) is 3.54. The number of halogens is 4. The highest BCUT2D eigenvalue weighted by Gasteiger charge is 2.41. The molecule has 1 aromatic heterocycles. The number of benzene rings is 2. The molecule has 5 fully saturated rings. The summed E-state index contributed by atoms with van der Waals surface area (Å²) in [5.41, 5.74) is 4.86. The zero-order valence-corrected chi connectivity index (χ0v) is 29.7. The van der Waals surface area contributed by atoms with Crippen LogP contribution >= 0.6 is 15.9 Å². The van der Waals surface area contributed by atoms with Gasteiger partial charge in [-0.05, 0) is 78.3 Å². The van der Waals surface area contributed by atoms with Gasteiger partial charge in [-0.15, -0.1) is 5.10 Å². The Morgan fingerprint density at radius 2 is 1.65 bits per heavy atom. The standard InChI is InChI=1S/C35H42BrF3N8O4/c36-27-19-22(18-26(30(27)40)35(37,38)39)20-29(32(48)45-16-14-44(15-17-45)28-21-43-10-6-23(28)7-11-43)51-34(50)46-12-8-25(9-13-46)47-33(49)41-31(42-47)24-4-2-1-3-5-24/h1-5,18-19,23,25,28-29H,6-17,20-21,40H2,(H,41,42,49)/t28?,29-/m1/s1. The summed E-state index contributed by atoms with van der Waals surface area (Å²) < 4.78 is 48.9. The Balaban J connectivity index is 1.04. The molecule has 51 heavy (non-hydrogen) atoms. The first-order valence-electron chi connectivity index (χ1n) is 17.5. The molecule has 2 amide bonds. The SMILES string of the molecule is Nc1c(Br)cc(C[C@@H](OC(=O)N2CCC(n3nc(-c4ccccc4)[nH]c3=O)CC2)C(=O)N2CCN(C3CN4CCC3CC4)CC2)cc1C(F)(F)F. The normalized spacial score (nSPS) is 23.7. The van der Waals surface area contributed by atoms with E-state index in [1.54, 1.807) is 4.90 Å². The molecule has 3 N–H and O–H groups in total. The molecular formula is C35H42BrF3N8O4. The number of nitrogens with zero attached hydrogens (tertiary/aromatic N) is 6. The summed E-state index contributed by atoms with van der Waals surface area (Å²) in [7, 11) is 0. The quantitative estimate of drug-likeness (QED) is 0.341. The summed E-state index contributed by atoms with van der Waals surface area (Å²) >= 11 is 3.13. The van der Waals surface area contributed by atoms with Crippen LogP contribution in [0.5, 0.6) is 0 Å². The molecule has 6 heterocycles. The average molecular weight is 776 g/mol. The van der Waals surface area contributed by atoms with Crippen LogP contribution < -0.4 is 11.4 Å². The van der Waals surface area contributed by atoms with Crippen molar-refractivity contribution >= 4 is 33.6 Å². The van der Waals surface area contributed by atoms with E-state index < -0.39 is 35.5 Å². The molecule has 2 aromatic carbocycles. The van der Waals surface area contributed by atoms with E-state index in [0.29, 0.717) is 56.8 Å². The van der Waals surface area contributed by atoms with E-state index in [9.17, 15) is 27.6 Å². The smallest absolute Gasteiger partial charge is 0.418 e. The van der Waals surface area contributed by atoms with Crippen molar-refractivity contribution in [2.24, 2.45) is 5.92 Å². The van der Waals surface area contributed by atoms with Crippen LogP contribution in [-0.2, 0) is 22.1 Å². The Hall–Kier alpha value is -3.89. The van der Waals surface area contributed by atoms with Gasteiger partial charge in [-0.25, -0.2) is 14.3 Å². The van der Waals surface area contributed by atoms with Crippen LogP contribution in [-0.4, -0.2) is 117 Å². The number of likely N-dealkylation sites (tertiary alicyclic amines) is 1. The van der Waals surface area contributed by atoms with Gasteiger partial charge in [0.15, 0.2) is 11.9 Å². The fourth-order valence-corrected chi connectivity index (χ4v) is 8.55. The topological polar surface area (TPSA) is 133 Å². The molecule has 12 nitrogen and oxygen atoms in total. The zero-order chi connectivity index (χ0) is 35.9. The number of nitrogens with two attached hydrogens (primary N) is 1. The van der Waals surface area contributed by atoms with Crippen molar-refractivity contribution in [3.63, 3.8) is 0 Å². The van der Waals surface area contributed by atoms with Crippen LogP contribution in [0.1, 0.15) is 42.9 Å².